The van der Waals surface area contributed by atoms with E-state index in [4.69, 9.17) is 5.73 Å². The zero-order valence-corrected chi connectivity index (χ0v) is 9.26. The van der Waals surface area contributed by atoms with E-state index in [1.807, 2.05) is 0 Å². The molecule has 0 aliphatic heterocycles. The maximum absolute atomic E-state index is 12.8. The van der Waals surface area contributed by atoms with Gasteiger partial charge in [-0.2, -0.15) is 13.2 Å². The lowest BCUT2D eigenvalue weighted by Gasteiger charge is -2.58. The Morgan fingerprint density at radius 3 is 1.62 bits per heavy atom. The molecule has 0 aromatic carbocycles. The normalized spacial score (nSPS) is 48.4. The van der Waals surface area contributed by atoms with Crippen molar-refractivity contribution in [2.75, 3.05) is 0 Å². The number of rotatable bonds is 1. The van der Waals surface area contributed by atoms with Crippen molar-refractivity contribution in [1.29, 1.82) is 0 Å². The van der Waals surface area contributed by atoms with Crippen molar-refractivity contribution >= 4 is 0 Å². The van der Waals surface area contributed by atoms with E-state index in [1.165, 1.54) is 0 Å². The van der Waals surface area contributed by atoms with Crippen molar-refractivity contribution in [3.8, 4) is 0 Å². The molecule has 0 saturated heterocycles. The highest BCUT2D eigenvalue weighted by Crippen LogP contribution is 2.62. The maximum Gasteiger partial charge on any atom is 0.404 e. The standard InChI is InChI=1S/C12H18F3N/c13-12(14,15)10(16)11-4-7-1-8(5-11)3-9(2-7)6-11/h7-10H,1-6,16H2. The molecule has 4 aliphatic rings. The molecule has 92 valence electrons. The van der Waals surface area contributed by atoms with Crippen molar-refractivity contribution in [1.82, 2.24) is 0 Å². The van der Waals surface area contributed by atoms with Crippen LogP contribution < -0.4 is 5.73 Å². The fourth-order valence-electron chi connectivity index (χ4n) is 4.91. The summed E-state index contributed by atoms with van der Waals surface area (Å²) in [6.45, 7) is 0. The van der Waals surface area contributed by atoms with E-state index in [-0.39, 0.29) is 0 Å². The van der Waals surface area contributed by atoms with Gasteiger partial charge in [0.15, 0.2) is 0 Å². The summed E-state index contributed by atoms with van der Waals surface area (Å²) < 4.78 is 38.5. The molecule has 0 radical (unpaired) electrons. The van der Waals surface area contributed by atoms with Gasteiger partial charge in [-0.3, -0.25) is 0 Å². The van der Waals surface area contributed by atoms with Crippen molar-refractivity contribution in [3.63, 3.8) is 0 Å². The van der Waals surface area contributed by atoms with Crippen molar-refractivity contribution in [2.24, 2.45) is 28.9 Å². The first kappa shape index (κ1) is 10.9. The molecule has 1 nitrogen and oxygen atoms in total. The molecular weight excluding hydrogens is 215 g/mol. The van der Waals surface area contributed by atoms with Gasteiger partial charge in [-0.25, -0.2) is 0 Å². The van der Waals surface area contributed by atoms with Crippen LogP contribution in [0.4, 0.5) is 13.2 Å². The summed E-state index contributed by atoms with van der Waals surface area (Å²) in [4.78, 5) is 0. The minimum absolute atomic E-state index is 0.527. The second kappa shape index (κ2) is 3.15. The third kappa shape index (κ3) is 1.49. The van der Waals surface area contributed by atoms with Gasteiger partial charge in [-0.1, -0.05) is 0 Å². The van der Waals surface area contributed by atoms with Crippen LogP contribution in [0.25, 0.3) is 0 Å². The molecular formula is C12H18F3N. The van der Waals surface area contributed by atoms with Gasteiger partial charge in [0.1, 0.15) is 6.04 Å². The summed E-state index contributed by atoms with van der Waals surface area (Å²) in [6, 6.07) is -1.59. The Labute approximate surface area is 93.6 Å². The van der Waals surface area contributed by atoms with Crippen LogP contribution >= 0.6 is 0 Å². The average Bonchev–Trinajstić information content (AvgIpc) is 2.12. The molecule has 0 aromatic rings. The molecule has 4 bridgehead atoms. The molecule has 4 fully saturated rings. The fraction of sp³-hybridized carbons (Fsp3) is 1.00. The first-order valence-corrected chi connectivity index (χ1v) is 6.21. The second-order valence-electron chi connectivity index (χ2n) is 6.30. The predicted molar refractivity (Wildman–Crippen MR) is 54.6 cm³/mol. The highest BCUT2D eigenvalue weighted by molar-refractivity contribution is 5.07. The van der Waals surface area contributed by atoms with Gasteiger partial charge in [-0.05, 0) is 61.7 Å². The first-order chi connectivity index (χ1) is 7.39. The minimum Gasteiger partial charge on any atom is -0.320 e. The Bertz CT molecular complexity index is 262. The first-order valence-electron chi connectivity index (χ1n) is 6.21. The zero-order chi connectivity index (χ0) is 11.6. The molecule has 0 aromatic heterocycles. The summed E-state index contributed by atoms with van der Waals surface area (Å²) in [5.74, 6) is 1.58. The number of nitrogens with two attached hydrogens (primary N) is 1. The Kier molecular flexibility index (Phi) is 2.14. The molecule has 1 atom stereocenters. The smallest absolute Gasteiger partial charge is 0.320 e. The molecule has 0 amide bonds. The maximum atomic E-state index is 12.8. The molecule has 4 saturated carbocycles. The molecule has 2 N–H and O–H groups in total. The van der Waals surface area contributed by atoms with Gasteiger partial charge in [0, 0.05) is 0 Å². The summed E-state index contributed by atoms with van der Waals surface area (Å²) in [6.07, 6.45) is 1.42. The monoisotopic (exact) mass is 233 g/mol. The Morgan fingerprint density at radius 1 is 0.938 bits per heavy atom. The van der Waals surface area contributed by atoms with Crippen molar-refractivity contribution in [2.45, 2.75) is 50.7 Å². The largest absolute Gasteiger partial charge is 0.404 e. The molecule has 16 heavy (non-hydrogen) atoms. The molecule has 0 heterocycles. The highest BCUT2D eigenvalue weighted by Gasteiger charge is 2.59. The third-order valence-corrected chi connectivity index (χ3v) is 5.10. The molecule has 4 heteroatoms. The van der Waals surface area contributed by atoms with E-state index < -0.39 is 17.6 Å². The topological polar surface area (TPSA) is 26.0 Å². The number of hydrogen-bond donors (Lipinski definition) is 1. The van der Waals surface area contributed by atoms with Crippen LogP contribution in [0, 0.1) is 23.2 Å². The third-order valence-electron chi connectivity index (χ3n) is 5.10. The van der Waals surface area contributed by atoms with E-state index in [2.05, 4.69) is 0 Å². The van der Waals surface area contributed by atoms with E-state index in [1.54, 1.807) is 0 Å². The Hall–Kier alpha value is -0.250. The lowest BCUT2D eigenvalue weighted by Crippen LogP contribution is -2.59. The van der Waals surface area contributed by atoms with E-state index >= 15 is 0 Å². The predicted octanol–water partition coefficient (Wildman–Crippen LogP) is 3.09. The van der Waals surface area contributed by atoms with Crippen LogP contribution in [-0.2, 0) is 0 Å². The molecule has 1 unspecified atom stereocenters. The Balaban J connectivity index is 1.88. The number of alkyl halides is 3. The highest BCUT2D eigenvalue weighted by atomic mass is 19.4. The fourth-order valence-corrected chi connectivity index (χ4v) is 4.91. The van der Waals surface area contributed by atoms with Gasteiger partial charge >= 0.3 is 6.18 Å². The van der Waals surface area contributed by atoms with Crippen LogP contribution in [0.2, 0.25) is 0 Å². The lowest BCUT2D eigenvalue weighted by molar-refractivity contribution is -0.202. The molecule has 4 rings (SSSR count). The second-order valence-corrected chi connectivity index (χ2v) is 6.30. The lowest BCUT2D eigenvalue weighted by atomic mass is 9.47. The quantitative estimate of drug-likeness (QED) is 0.740. The molecule has 4 aliphatic carbocycles. The van der Waals surface area contributed by atoms with Gasteiger partial charge in [-0.15, -0.1) is 0 Å². The van der Waals surface area contributed by atoms with E-state index in [0.717, 1.165) is 38.5 Å². The summed E-state index contributed by atoms with van der Waals surface area (Å²) in [7, 11) is 0. The van der Waals surface area contributed by atoms with Gasteiger partial charge in [0.25, 0.3) is 0 Å². The van der Waals surface area contributed by atoms with Crippen LogP contribution in [0.15, 0.2) is 0 Å². The Morgan fingerprint density at radius 2 is 1.31 bits per heavy atom. The van der Waals surface area contributed by atoms with E-state index in [9.17, 15) is 13.2 Å². The summed E-state index contributed by atoms with van der Waals surface area (Å²) >= 11 is 0. The van der Waals surface area contributed by atoms with Crippen LogP contribution in [-0.4, -0.2) is 12.2 Å². The van der Waals surface area contributed by atoms with Gasteiger partial charge in [0.2, 0.25) is 0 Å². The number of hydrogen-bond acceptors (Lipinski definition) is 1. The van der Waals surface area contributed by atoms with Crippen molar-refractivity contribution < 1.29 is 13.2 Å². The van der Waals surface area contributed by atoms with Crippen molar-refractivity contribution in [3.05, 3.63) is 0 Å². The van der Waals surface area contributed by atoms with E-state index in [0.29, 0.717) is 17.8 Å². The van der Waals surface area contributed by atoms with Crippen LogP contribution in [0.5, 0.6) is 0 Å². The van der Waals surface area contributed by atoms with Crippen LogP contribution in [0.3, 0.4) is 0 Å². The summed E-state index contributed by atoms with van der Waals surface area (Å²) in [5.41, 5.74) is 4.92. The zero-order valence-electron chi connectivity index (χ0n) is 9.26. The number of halogens is 3. The van der Waals surface area contributed by atoms with Gasteiger partial charge in [0.05, 0.1) is 0 Å². The molecule has 0 spiro atoms. The minimum atomic E-state index is -4.22. The summed E-state index contributed by atoms with van der Waals surface area (Å²) in [5, 5.41) is 0. The average molecular weight is 233 g/mol. The van der Waals surface area contributed by atoms with Gasteiger partial charge < -0.3 is 5.73 Å². The van der Waals surface area contributed by atoms with Crippen LogP contribution in [0.1, 0.15) is 38.5 Å². The SMILES string of the molecule is NC(C(F)(F)F)C12CC3CC(CC(C3)C1)C2.